The molecule has 9 nitrogen and oxygen atoms in total. The van der Waals surface area contributed by atoms with Crippen molar-refractivity contribution in [1.82, 2.24) is 14.5 Å². The number of hydrogen-bond acceptors (Lipinski definition) is 6. The van der Waals surface area contributed by atoms with Gasteiger partial charge in [0.05, 0.1) is 24.2 Å². The van der Waals surface area contributed by atoms with Gasteiger partial charge >= 0.3 is 0 Å². The molecule has 1 N–H and O–H groups in total. The van der Waals surface area contributed by atoms with E-state index < -0.39 is 19.9 Å². The summed E-state index contributed by atoms with van der Waals surface area (Å²) in [5.41, 5.74) is 0. The normalized spacial score (nSPS) is 17.3. The van der Waals surface area contributed by atoms with Gasteiger partial charge < -0.3 is 15.0 Å². The van der Waals surface area contributed by atoms with Gasteiger partial charge in [-0.3, -0.25) is 4.99 Å². The molecule has 0 amide bonds. The summed E-state index contributed by atoms with van der Waals surface area (Å²) in [7, 11) is -4.75. The van der Waals surface area contributed by atoms with E-state index in [-0.39, 0.29) is 54.7 Å². The Kier molecular flexibility index (Phi) is 11.5. The lowest BCUT2D eigenvalue weighted by Crippen LogP contribution is -2.54. The van der Waals surface area contributed by atoms with Gasteiger partial charge in [0.1, 0.15) is 9.84 Å². The van der Waals surface area contributed by atoms with Crippen molar-refractivity contribution in [2.75, 3.05) is 64.1 Å². The molecule has 1 heterocycles. The van der Waals surface area contributed by atoms with Gasteiger partial charge in [-0.25, -0.2) is 16.8 Å². The van der Waals surface area contributed by atoms with Crippen LogP contribution in [0.15, 0.2) is 4.99 Å². The highest BCUT2D eigenvalue weighted by Crippen LogP contribution is 2.09. The zero-order valence-corrected chi connectivity index (χ0v) is 19.8. The lowest BCUT2D eigenvalue weighted by atomic mass is 10.4. The molecule has 1 fully saturated rings. The highest BCUT2D eigenvalue weighted by atomic mass is 127. The van der Waals surface area contributed by atoms with E-state index in [2.05, 4.69) is 10.3 Å². The second-order valence-corrected chi connectivity index (χ2v) is 10.6. The average Bonchev–Trinajstić information content (AvgIpc) is 2.50. The van der Waals surface area contributed by atoms with Crippen molar-refractivity contribution < 1.29 is 21.6 Å². The minimum Gasteiger partial charge on any atom is -0.378 e. The number of rotatable bonds is 8. The SMILES string of the molecule is CN=C(NCCS(C)(=O)=O)N1CCN(S(=O)(=O)CCOC(C)C)CC1.I. The van der Waals surface area contributed by atoms with Gasteiger partial charge in [-0.1, -0.05) is 0 Å². The maximum Gasteiger partial charge on any atom is 0.216 e. The van der Waals surface area contributed by atoms with Crippen molar-refractivity contribution in [3.63, 3.8) is 0 Å². The van der Waals surface area contributed by atoms with Gasteiger partial charge in [0.15, 0.2) is 5.96 Å². The molecule has 26 heavy (non-hydrogen) atoms. The van der Waals surface area contributed by atoms with Crippen molar-refractivity contribution in [2.24, 2.45) is 4.99 Å². The Morgan fingerprint density at radius 1 is 1.12 bits per heavy atom. The number of ether oxygens (including phenoxy) is 1. The van der Waals surface area contributed by atoms with E-state index in [0.717, 1.165) is 0 Å². The predicted molar refractivity (Wildman–Crippen MR) is 115 cm³/mol. The van der Waals surface area contributed by atoms with E-state index in [4.69, 9.17) is 4.74 Å². The van der Waals surface area contributed by atoms with Gasteiger partial charge in [0, 0.05) is 46.0 Å². The molecule has 0 unspecified atom stereocenters. The van der Waals surface area contributed by atoms with Crippen LogP contribution in [0.5, 0.6) is 0 Å². The van der Waals surface area contributed by atoms with Crippen LogP contribution in [-0.4, -0.2) is 102 Å². The molecule has 0 spiro atoms. The predicted octanol–water partition coefficient (Wildman–Crippen LogP) is -0.403. The standard InChI is InChI=1S/C14H30N4O5S2.HI/c1-13(2)23-10-12-25(21,22)18-8-6-17(7-9-18)14(15-3)16-5-11-24(4,19)20;/h13H,5-12H2,1-4H3,(H,15,16);1H. The zero-order valence-electron chi connectivity index (χ0n) is 15.8. The van der Waals surface area contributed by atoms with E-state index in [1.807, 2.05) is 18.7 Å². The summed E-state index contributed by atoms with van der Waals surface area (Å²) < 4.78 is 53.8. The van der Waals surface area contributed by atoms with E-state index in [1.54, 1.807) is 7.05 Å². The fraction of sp³-hybridized carbons (Fsp3) is 0.929. The Bertz CT molecular complexity index is 644. The molecule has 12 heteroatoms. The molecule has 1 rings (SSSR count). The fourth-order valence-corrected chi connectivity index (χ4v) is 4.13. The maximum atomic E-state index is 12.3. The summed E-state index contributed by atoms with van der Waals surface area (Å²) in [6.07, 6.45) is 1.19. The number of piperazine rings is 1. The van der Waals surface area contributed by atoms with Crippen molar-refractivity contribution >= 4 is 49.8 Å². The van der Waals surface area contributed by atoms with Crippen LogP contribution in [0.25, 0.3) is 0 Å². The molecular weight excluding hydrogens is 495 g/mol. The van der Waals surface area contributed by atoms with Crippen LogP contribution in [0.2, 0.25) is 0 Å². The van der Waals surface area contributed by atoms with E-state index in [1.165, 1.54) is 10.6 Å². The van der Waals surface area contributed by atoms with Crippen LogP contribution in [0.3, 0.4) is 0 Å². The molecule has 0 radical (unpaired) electrons. The monoisotopic (exact) mass is 526 g/mol. The van der Waals surface area contributed by atoms with E-state index in [0.29, 0.717) is 32.1 Å². The second-order valence-electron chi connectivity index (χ2n) is 6.23. The number of aliphatic imine (C=N–C) groups is 1. The molecule has 156 valence electrons. The molecule has 0 aromatic carbocycles. The summed E-state index contributed by atoms with van der Waals surface area (Å²) in [6.45, 7) is 5.95. The minimum atomic E-state index is -3.33. The van der Waals surface area contributed by atoms with Crippen LogP contribution >= 0.6 is 24.0 Å². The summed E-state index contributed by atoms with van der Waals surface area (Å²) in [4.78, 5) is 6.07. The van der Waals surface area contributed by atoms with Crippen LogP contribution in [0.4, 0.5) is 0 Å². The highest BCUT2D eigenvalue weighted by molar-refractivity contribution is 14.0. The molecule has 0 aromatic rings. The Hall–Kier alpha value is -0.180. The molecule has 0 aromatic heterocycles. The fourth-order valence-electron chi connectivity index (χ4n) is 2.38. The Balaban J connectivity index is 0.00000625. The number of sulfonamides is 1. The summed E-state index contributed by atoms with van der Waals surface area (Å²) >= 11 is 0. The van der Waals surface area contributed by atoms with Crippen LogP contribution < -0.4 is 5.32 Å². The number of guanidine groups is 1. The topological polar surface area (TPSA) is 108 Å². The van der Waals surface area contributed by atoms with Crippen LogP contribution in [0.1, 0.15) is 13.8 Å². The molecule has 0 saturated carbocycles. The third-order valence-electron chi connectivity index (χ3n) is 3.69. The van der Waals surface area contributed by atoms with Crippen LogP contribution in [-0.2, 0) is 24.6 Å². The molecule has 1 saturated heterocycles. The number of nitrogens with one attached hydrogen (secondary N) is 1. The minimum absolute atomic E-state index is 0. The summed E-state index contributed by atoms with van der Waals surface area (Å²) in [6, 6.07) is 0. The van der Waals surface area contributed by atoms with Crippen molar-refractivity contribution in [3.8, 4) is 0 Å². The second kappa shape index (κ2) is 11.6. The van der Waals surface area contributed by atoms with Crippen molar-refractivity contribution in [2.45, 2.75) is 20.0 Å². The molecular formula is C14H31IN4O5S2. The maximum absolute atomic E-state index is 12.3. The average molecular weight is 526 g/mol. The first-order valence-corrected chi connectivity index (χ1v) is 11.9. The van der Waals surface area contributed by atoms with Crippen LogP contribution in [0, 0.1) is 0 Å². The first-order valence-electron chi connectivity index (χ1n) is 8.28. The molecule has 0 bridgehead atoms. The molecule has 1 aliphatic heterocycles. The lowest BCUT2D eigenvalue weighted by molar-refractivity contribution is 0.0904. The quantitative estimate of drug-likeness (QED) is 0.261. The molecule has 0 aliphatic carbocycles. The summed E-state index contributed by atoms with van der Waals surface area (Å²) in [5.74, 6) is 0.590. The highest BCUT2D eigenvalue weighted by Gasteiger charge is 2.28. The summed E-state index contributed by atoms with van der Waals surface area (Å²) in [5, 5.41) is 3.00. The van der Waals surface area contributed by atoms with Gasteiger partial charge in [-0.05, 0) is 13.8 Å². The molecule has 0 atom stereocenters. The number of sulfone groups is 1. The Morgan fingerprint density at radius 3 is 2.15 bits per heavy atom. The zero-order chi connectivity index (χ0) is 19.1. The van der Waals surface area contributed by atoms with Crippen molar-refractivity contribution in [3.05, 3.63) is 0 Å². The smallest absolute Gasteiger partial charge is 0.216 e. The largest absolute Gasteiger partial charge is 0.378 e. The first kappa shape index (κ1) is 25.8. The Labute approximate surface area is 174 Å². The van der Waals surface area contributed by atoms with Gasteiger partial charge in [0.2, 0.25) is 10.0 Å². The number of nitrogens with zero attached hydrogens (tertiary/aromatic N) is 3. The first-order chi connectivity index (χ1) is 11.5. The van der Waals surface area contributed by atoms with E-state index >= 15 is 0 Å². The third kappa shape index (κ3) is 9.67. The van der Waals surface area contributed by atoms with Gasteiger partial charge in [0.25, 0.3) is 0 Å². The number of hydrogen-bond donors (Lipinski definition) is 1. The van der Waals surface area contributed by atoms with Gasteiger partial charge in [-0.2, -0.15) is 4.31 Å². The Morgan fingerprint density at radius 2 is 1.69 bits per heavy atom. The molecule has 1 aliphatic rings. The third-order valence-corrected chi connectivity index (χ3v) is 6.47. The van der Waals surface area contributed by atoms with Crippen molar-refractivity contribution in [1.29, 1.82) is 0 Å². The van der Waals surface area contributed by atoms with E-state index in [9.17, 15) is 16.8 Å². The van der Waals surface area contributed by atoms with Gasteiger partial charge in [-0.15, -0.1) is 24.0 Å². The lowest BCUT2D eigenvalue weighted by Gasteiger charge is -2.35. The number of halogens is 1.